The molecule has 2 rings (SSSR count). The minimum absolute atomic E-state index is 0.657. The molecule has 0 aliphatic heterocycles. The number of benzene rings is 2. The number of carbonyl (C=O) groups excluding carboxylic acids is 1. The second-order valence-corrected chi connectivity index (χ2v) is 5.84. The van der Waals surface area contributed by atoms with Crippen LogP contribution in [0.4, 0.5) is 18.9 Å². The summed E-state index contributed by atoms with van der Waals surface area (Å²) in [5.74, 6) is -2.12. The summed E-state index contributed by atoms with van der Waals surface area (Å²) in [5, 5.41) is 2.06. The number of amides is 1. The number of rotatable bonds is 4. The lowest BCUT2D eigenvalue weighted by molar-refractivity contribution is -0.169. The van der Waals surface area contributed by atoms with Crippen LogP contribution >= 0.6 is 0 Å². The molecule has 6 heteroatoms. The number of nitrogens with zero attached hydrogens (tertiary/aromatic N) is 2. The van der Waals surface area contributed by atoms with Gasteiger partial charge in [-0.3, -0.25) is 4.79 Å². The number of anilines is 1. The van der Waals surface area contributed by atoms with Crippen molar-refractivity contribution in [2.24, 2.45) is 4.99 Å². The summed E-state index contributed by atoms with van der Waals surface area (Å²) >= 11 is 0. The SMILES string of the molecule is C\C=C/C(=C\C=N\C(=O)C(F)(F)F)c1ccc2cc(N(C)C)ccc2c1. The molecule has 0 aromatic heterocycles. The van der Waals surface area contributed by atoms with Gasteiger partial charge in [-0.1, -0.05) is 30.4 Å². The van der Waals surface area contributed by atoms with Crippen LogP contribution < -0.4 is 4.90 Å². The molecule has 0 heterocycles. The van der Waals surface area contributed by atoms with Crippen molar-refractivity contribution in [3.05, 3.63) is 60.2 Å². The number of halogens is 3. The topological polar surface area (TPSA) is 32.7 Å². The highest BCUT2D eigenvalue weighted by Crippen LogP contribution is 2.25. The summed E-state index contributed by atoms with van der Waals surface area (Å²) in [6.07, 6.45) is 0.825. The zero-order valence-corrected chi connectivity index (χ0v) is 14.7. The van der Waals surface area contributed by atoms with Gasteiger partial charge in [0, 0.05) is 26.0 Å². The average Bonchev–Trinajstić information content (AvgIpc) is 2.59. The van der Waals surface area contributed by atoms with Crippen molar-refractivity contribution in [1.82, 2.24) is 0 Å². The Morgan fingerprint density at radius 2 is 1.73 bits per heavy atom. The van der Waals surface area contributed by atoms with Crippen LogP contribution in [0.25, 0.3) is 16.3 Å². The van der Waals surface area contributed by atoms with Crippen LogP contribution in [-0.4, -0.2) is 32.4 Å². The van der Waals surface area contributed by atoms with Crippen molar-refractivity contribution in [2.45, 2.75) is 13.1 Å². The number of alkyl halides is 3. The average molecular weight is 360 g/mol. The van der Waals surface area contributed by atoms with Gasteiger partial charge >= 0.3 is 12.1 Å². The molecule has 0 aliphatic carbocycles. The first kappa shape index (κ1) is 19.4. The Morgan fingerprint density at radius 1 is 1.08 bits per heavy atom. The molecule has 0 aliphatic rings. The van der Waals surface area contributed by atoms with E-state index in [-0.39, 0.29) is 0 Å². The molecular weight excluding hydrogens is 341 g/mol. The quantitative estimate of drug-likeness (QED) is 0.566. The number of allylic oxidation sites excluding steroid dienone is 4. The van der Waals surface area contributed by atoms with Crippen molar-refractivity contribution >= 4 is 34.2 Å². The maximum absolute atomic E-state index is 12.2. The van der Waals surface area contributed by atoms with Gasteiger partial charge in [-0.05, 0) is 53.1 Å². The van der Waals surface area contributed by atoms with E-state index in [1.165, 1.54) is 6.08 Å². The van der Waals surface area contributed by atoms with Gasteiger partial charge in [-0.2, -0.15) is 13.2 Å². The summed E-state index contributed by atoms with van der Waals surface area (Å²) in [6.45, 7) is 1.80. The molecular formula is C20H19F3N2O. The van der Waals surface area contributed by atoms with Crippen molar-refractivity contribution in [3.63, 3.8) is 0 Å². The highest BCUT2D eigenvalue weighted by molar-refractivity contribution is 5.97. The minimum atomic E-state index is -4.96. The van der Waals surface area contributed by atoms with Gasteiger partial charge in [0.05, 0.1) is 0 Å². The van der Waals surface area contributed by atoms with E-state index in [2.05, 4.69) is 11.1 Å². The first-order valence-corrected chi connectivity index (χ1v) is 7.92. The third kappa shape index (κ3) is 4.81. The highest BCUT2D eigenvalue weighted by Gasteiger charge is 2.38. The molecule has 0 spiro atoms. The lowest BCUT2D eigenvalue weighted by atomic mass is 10.00. The second kappa shape index (κ2) is 7.99. The predicted octanol–water partition coefficient (Wildman–Crippen LogP) is 5.03. The monoisotopic (exact) mass is 360 g/mol. The molecule has 0 bridgehead atoms. The molecule has 136 valence electrons. The van der Waals surface area contributed by atoms with Crippen LogP contribution in [-0.2, 0) is 4.79 Å². The van der Waals surface area contributed by atoms with E-state index in [9.17, 15) is 18.0 Å². The number of fused-ring (bicyclic) bond motifs is 1. The Bertz CT molecular complexity index is 894. The van der Waals surface area contributed by atoms with Crippen LogP contribution in [0.5, 0.6) is 0 Å². The zero-order chi connectivity index (χ0) is 19.3. The van der Waals surface area contributed by atoms with Gasteiger partial charge in [0.25, 0.3) is 0 Å². The molecule has 0 saturated heterocycles. The van der Waals surface area contributed by atoms with Crippen molar-refractivity contribution in [3.8, 4) is 0 Å². The maximum atomic E-state index is 12.2. The number of carbonyl (C=O) groups is 1. The highest BCUT2D eigenvalue weighted by atomic mass is 19.4. The summed E-state index contributed by atoms with van der Waals surface area (Å²) in [5.41, 5.74) is 2.55. The van der Waals surface area contributed by atoms with Crippen LogP contribution in [0.1, 0.15) is 12.5 Å². The first-order chi connectivity index (χ1) is 12.2. The molecule has 0 radical (unpaired) electrons. The summed E-state index contributed by atoms with van der Waals surface area (Å²) < 4.78 is 36.6. The third-order valence-electron chi connectivity index (χ3n) is 3.71. The fraction of sp³-hybridized carbons (Fsp3) is 0.200. The molecule has 26 heavy (non-hydrogen) atoms. The van der Waals surface area contributed by atoms with Gasteiger partial charge in [0.1, 0.15) is 0 Å². The minimum Gasteiger partial charge on any atom is -0.378 e. The third-order valence-corrected chi connectivity index (χ3v) is 3.71. The number of hydrogen-bond acceptors (Lipinski definition) is 2. The summed E-state index contributed by atoms with van der Waals surface area (Å²) in [6, 6.07) is 11.8. The van der Waals surface area contributed by atoms with E-state index in [0.717, 1.165) is 28.2 Å². The maximum Gasteiger partial charge on any atom is 0.473 e. The molecule has 0 saturated carbocycles. The standard InChI is InChI=1S/C20H19F3N2O/c1-4-5-14(10-11-24-19(26)20(21,22)23)15-6-7-17-13-18(25(2)3)9-8-16(17)12-15/h4-13H,1-3H3/b5-4-,14-10+,24-11+. The zero-order valence-electron chi connectivity index (χ0n) is 14.7. The van der Waals surface area contributed by atoms with Crippen molar-refractivity contribution < 1.29 is 18.0 Å². The van der Waals surface area contributed by atoms with Gasteiger partial charge in [-0.15, -0.1) is 0 Å². The Balaban J connectivity index is 2.38. The first-order valence-electron chi connectivity index (χ1n) is 7.92. The van der Waals surface area contributed by atoms with E-state index >= 15 is 0 Å². The fourth-order valence-corrected chi connectivity index (χ4v) is 2.38. The van der Waals surface area contributed by atoms with Gasteiger partial charge in [0.15, 0.2) is 0 Å². The molecule has 2 aromatic rings. The van der Waals surface area contributed by atoms with E-state index in [1.807, 2.05) is 49.3 Å². The van der Waals surface area contributed by atoms with Crippen LogP contribution in [0, 0.1) is 0 Å². The summed E-state index contributed by atoms with van der Waals surface area (Å²) in [7, 11) is 3.92. The smallest absolute Gasteiger partial charge is 0.378 e. The van der Waals surface area contributed by atoms with E-state index in [0.29, 0.717) is 5.57 Å². The van der Waals surface area contributed by atoms with Gasteiger partial charge in [0.2, 0.25) is 0 Å². The van der Waals surface area contributed by atoms with Crippen LogP contribution in [0.2, 0.25) is 0 Å². The molecule has 0 fully saturated rings. The number of hydrogen-bond donors (Lipinski definition) is 0. The molecule has 0 unspecified atom stereocenters. The van der Waals surface area contributed by atoms with E-state index < -0.39 is 12.1 Å². The van der Waals surface area contributed by atoms with Crippen LogP contribution in [0.15, 0.2) is 59.6 Å². The largest absolute Gasteiger partial charge is 0.473 e. The van der Waals surface area contributed by atoms with Gasteiger partial charge < -0.3 is 4.90 Å². The second-order valence-electron chi connectivity index (χ2n) is 5.84. The van der Waals surface area contributed by atoms with Gasteiger partial charge in [-0.25, -0.2) is 4.99 Å². The fourth-order valence-electron chi connectivity index (χ4n) is 2.38. The Morgan fingerprint density at radius 3 is 2.35 bits per heavy atom. The number of aliphatic imine (C=N–C) groups is 1. The summed E-state index contributed by atoms with van der Waals surface area (Å²) in [4.78, 5) is 15.8. The lowest BCUT2D eigenvalue weighted by Crippen LogP contribution is -2.20. The van der Waals surface area contributed by atoms with Crippen molar-refractivity contribution in [2.75, 3.05) is 19.0 Å². The van der Waals surface area contributed by atoms with E-state index in [1.54, 1.807) is 19.1 Å². The Labute approximate surface area is 150 Å². The molecule has 0 N–H and O–H groups in total. The predicted molar refractivity (Wildman–Crippen MR) is 101 cm³/mol. The van der Waals surface area contributed by atoms with Crippen LogP contribution in [0.3, 0.4) is 0 Å². The van der Waals surface area contributed by atoms with E-state index in [4.69, 9.17) is 0 Å². The normalized spacial score (nSPS) is 13.1. The molecule has 2 aromatic carbocycles. The molecule has 3 nitrogen and oxygen atoms in total. The lowest BCUT2D eigenvalue weighted by Gasteiger charge is -2.13. The molecule has 0 atom stereocenters. The molecule has 1 amide bonds. The Kier molecular flexibility index (Phi) is 5.97. The Hall–Kier alpha value is -2.89. The van der Waals surface area contributed by atoms with Crippen molar-refractivity contribution in [1.29, 1.82) is 0 Å².